The largest absolute Gasteiger partial charge is 0.511 e. The molecular weight excluding hydrogens is 764 g/mol. The number of carboxylic acids is 1. The summed E-state index contributed by atoms with van der Waals surface area (Å²) < 4.78 is 19.4. The molecule has 7 rings (SSSR count). The molecule has 1 aromatic heterocycles. The van der Waals surface area contributed by atoms with E-state index in [4.69, 9.17) is 25.8 Å². The highest BCUT2D eigenvalue weighted by Crippen LogP contribution is 2.61. The summed E-state index contributed by atoms with van der Waals surface area (Å²) in [6.45, 7) is 11.4. The topological polar surface area (TPSA) is 184 Å². The molecule has 2 saturated heterocycles. The number of H-pyrrole nitrogens is 1. The average Bonchev–Trinajstić information content (AvgIpc) is 3.72. The van der Waals surface area contributed by atoms with Gasteiger partial charge in [-0.05, 0) is 89.0 Å². The Bertz CT molecular complexity index is 1990. The zero-order chi connectivity index (χ0) is 41.9. The van der Waals surface area contributed by atoms with E-state index in [2.05, 4.69) is 41.5 Å². The van der Waals surface area contributed by atoms with Crippen molar-refractivity contribution in [1.29, 1.82) is 0 Å². The van der Waals surface area contributed by atoms with Crippen LogP contribution in [0.2, 0.25) is 5.02 Å². The summed E-state index contributed by atoms with van der Waals surface area (Å²) in [6, 6.07) is 0.863. The molecule has 13 unspecified atom stereocenters. The number of allylic oxidation sites excluding steroid dienone is 5. The van der Waals surface area contributed by atoms with E-state index in [-0.39, 0.29) is 64.1 Å². The number of ether oxygens (including phenoxy) is 3. The first-order valence-electron chi connectivity index (χ1n) is 20.8. The number of hydrogen-bond acceptors (Lipinski definition) is 9. The summed E-state index contributed by atoms with van der Waals surface area (Å²) in [6.07, 6.45) is 14.1. The highest BCUT2D eigenvalue weighted by atomic mass is 35.5. The van der Waals surface area contributed by atoms with E-state index in [0.29, 0.717) is 32.1 Å². The molecule has 2 aliphatic heterocycles. The van der Waals surface area contributed by atoms with Crippen LogP contribution in [0.4, 0.5) is 0 Å². The lowest BCUT2D eigenvalue weighted by Crippen LogP contribution is -2.58. The number of amides is 1. The van der Waals surface area contributed by atoms with Crippen LogP contribution in [0.3, 0.4) is 0 Å². The SMILES string of the molecule is CCC1CC23OC(=O)/C(=C(\O)C4(CC)C(C=CC5C(OC6CC(O)C(NC(=O)c7[nH]ccc7Cl)C(C)O6)C(C)CCC54)C/C=C/C/C(C)=C/C2(C)C=C1C(=O)O)C3=O. The van der Waals surface area contributed by atoms with Crippen LogP contribution >= 0.6 is 11.6 Å². The van der Waals surface area contributed by atoms with Crippen molar-refractivity contribution in [3.05, 3.63) is 81.9 Å². The molecule has 1 aromatic rings. The van der Waals surface area contributed by atoms with E-state index in [1.54, 1.807) is 32.2 Å². The second-order valence-electron chi connectivity index (χ2n) is 17.7. The fourth-order valence-corrected chi connectivity index (χ4v) is 11.5. The first-order chi connectivity index (χ1) is 27.5. The van der Waals surface area contributed by atoms with Crippen molar-refractivity contribution in [2.45, 2.75) is 129 Å². The monoisotopic (exact) mass is 820 g/mol. The van der Waals surface area contributed by atoms with Gasteiger partial charge in [-0.15, -0.1) is 0 Å². The predicted molar refractivity (Wildman–Crippen MR) is 215 cm³/mol. The number of rotatable bonds is 7. The van der Waals surface area contributed by atoms with Crippen molar-refractivity contribution in [3.63, 3.8) is 0 Å². The molecule has 13 heteroatoms. The van der Waals surface area contributed by atoms with Crippen molar-refractivity contribution in [1.82, 2.24) is 10.3 Å². The van der Waals surface area contributed by atoms with Gasteiger partial charge in [0.2, 0.25) is 5.78 Å². The molecule has 6 aliphatic rings. The minimum absolute atomic E-state index is 0.0169. The Morgan fingerprint density at radius 3 is 2.53 bits per heavy atom. The highest BCUT2D eigenvalue weighted by molar-refractivity contribution is 6.33. The molecule has 12 nitrogen and oxygen atoms in total. The van der Waals surface area contributed by atoms with Crippen LogP contribution in [-0.2, 0) is 28.6 Å². The molecule has 4 aliphatic carbocycles. The van der Waals surface area contributed by atoms with Gasteiger partial charge in [-0.3, -0.25) is 9.59 Å². The molecule has 1 amide bonds. The fourth-order valence-electron chi connectivity index (χ4n) is 11.3. The zero-order valence-electron chi connectivity index (χ0n) is 34.1. The first kappa shape index (κ1) is 42.2. The number of carboxylic acid groups (broad SMARTS) is 1. The Morgan fingerprint density at radius 1 is 1.12 bits per heavy atom. The average molecular weight is 821 g/mol. The van der Waals surface area contributed by atoms with Gasteiger partial charge in [-0.2, -0.15) is 0 Å². The van der Waals surface area contributed by atoms with Crippen LogP contribution in [0.15, 0.2) is 71.2 Å². The standard InChI is InChI=1S/C45H57ClN2O10/c1-7-26-21-45-39(51)34(42(55)58-45)38(50)44(8-2)27(12-10-9-11-23(3)20-43(45,6)22-29(26)41(53)54)14-15-28-30(44)16-13-24(4)37(28)57-33-19-32(49)35(25(5)56-33)48-40(52)36-31(46)17-18-47-36/h9-10,14-15,17-18,20,22,24-28,30,32-33,35,37,47,49-50H,7-8,11-13,16,19,21H2,1-6H3,(H,48,52)(H,53,54)/b10-9+,23-20+,38-34-. The normalized spacial score (nSPS) is 42.8. The van der Waals surface area contributed by atoms with Gasteiger partial charge < -0.3 is 39.8 Å². The minimum atomic E-state index is -1.74. The summed E-state index contributed by atoms with van der Waals surface area (Å²) in [4.78, 5) is 57.7. The summed E-state index contributed by atoms with van der Waals surface area (Å²) >= 11 is 6.15. The summed E-state index contributed by atoms with van der Waals surface area (Å²) in [7, 11) is 0. The number of fused-ring (bicyclic) bond motifs is 4. The number of aliphatic carboxylic acids is 1. The van der Waals surface area contributed by atoms with Crippen LogP contribution in [0.25, 0.3) is 0 Å². The Labute approximate surface area is 344 Å². The number of aromatic nitrogens is 1. The minimum Gasteiger partial charge on any atom is -0.511 e. The molecule has 3 heterocycles. The third-order valence-electron chi connectivity index (χ3n) is 14.4. The number of nitrogens with one attached hydrogen (secondary N) is 2. The molecule has 58 heavy (non-hydrogen) atoms. The maximum Gasteiger partial charge on any atom is 0.346 e. The van der Waals surface area contributed by atoms with Crippen molar-refractivity contribution < 1.29 is 48.7 Å². The molecule has 0 aromatic carbocycles. The number of hydrogen-bond donors (Lipinski definition) is 5. The fraction of sp³-hybridized carbons (Fsp3) is 0.600. The van der Waals surface area contributed by atoms with Crippen LogP contribution in [0.1, 0.15) is 103 Å². The number of aromatic amines is 1. The molecule has 2 bridgehead atoms. The molecule has 1 spiro atoms. The zero-order valence-corrected chi connectivity index (χ0v) is 34.9. The number of carbonyl (C=O) groups excluding carboxylic acids is 3. The van der Waals surface area contributed by atoms with E-state index in [1.807, 2.05) is 26.8 Å². The van der Waals surface area contributed by atoms with Gasteiger partial charge in [0.05, 0.1) is 34.8 Å². The van der Waals surface area contributed by atoms with Crippen molar-refractivity contribution >= 4 is 35.2 Å². The van der Waals surface area contributed by atoms with Gasteiger partial charge in [0.25, 0.3) is 5.91 Å². The molecule has 1 saturated carbocycles. The number of esters is 1. The quantitative estimate of drug-likeness (QED) is 0.106. The molecule has 0 radical (unpaired) electrons. The van der Waals surface area contributed by atoms with Gasteiger partial charge in [0, 0.05) is 35.9 Å². The summed E-state index contributed by atoms with van der Waals surface area (Å²) in [5, 5.41) is 37.5. The maximum absolute atomic E-state index is 15.1. The second kappa shape index (κ2) is 15.9. The van der Waals surface area contributed by atoms with Gasteiger partial charge in [0.15, 0.2) is 11.9 Å². The number of aliphatic hydroxyl groups is 2. The maximum atomic E-state index is 15.1. The van der Waals surface area contributed by atoms with Crippen LogP contribution in [0.5, 0.6) is 0 Å². The highest BCUT2D eigenvalue weighted by Gasteiger charge is 2.67. The van der Waals surface area contributed by atoms with Crippen molar-refractivity contribution in [2.75, 3.05) is 0 Å². The van der Waals surface area contributed by atoms with Gasteiger partial charge >= 0.3 is 11.9 Å². The molecule has 13 atom stereocenters. The Morgan fingerprint density at radius 2 is 1.88 bits per heavy atom. The second-order valence-corrected chi connectivity index (χ2v) is 18.1. The number of halogens is 1. The van der Waals surface area contributed by atoms with Gasteiger partial charge in [-0.1, -0.05) is 74.4 Å². The first-order valence-corrected chi connectivity index (χ1v) is 21.2. The molecule has 314 valence electrons. The summed E-state index contributed by atoms with van der Waals surface area (Å²) in [5.41, 5.74) is -3.16. The van der Waals surface area contributed by atoms with Gasteiger partial charge in [-0.25, -0.2) is 9.59 Å². The van der Waals surface area contributed by atoms with Gasteiger partial charge in [0.1, 0.15) is 17.0 Å². The van der Waals surface area contributed by atoms with E-state index < -0.39 is 76.6 Å². The van der Waals surface area contributed by atoms with E-state index in [0.717, 1.165) is 12.0 Å². The molecule has 5 N–H and O–H groups in total. The number of ketones is 1. The predicted octanol–water partition coefficient (Wildman–Crippen LogP) is 7.31. The number of Topliss-reactive ketones (excluding diaryl/α,β-unsaturated/α-hetero) is 1. The lowest BCUT2D eigenvalue weighted by molar-refractivity contribution is -0.258. The lowest BCUT2D eigenvalue weighted by Gasteiger charge is -2.55. The van der Waals surface area contributed by atoms with E-state index in [9.17, 15) is 29.7 Å². The van der Waals surface area contributed by atoms with Crippen LogP contribution < -0.4 is 5.32 Å². The smallest absolute Gasteiger partial charge is 0.346 e. The number of aliphatic hydroxyl groups excluding tert-OH is 2. The Kier molecular flexibility index (Phi) is 11.6. The third-order valence-corrected chi connectivity index (χ3v) is 14.7. The number of carbonyl (C=O) groups is 4. The molecule has 3 fully saturated rings. The van der Waals surface area contributed by atoms with Crippen LogP contribution in [-0.4, -0.2) is 80.2 Å². The third kappa shape index (κ3) is 6.81. The van der Waals surface area contributed by atoms with Crippen molar-refractivity contribution in [2.24, 2.45) is 40.4 Å². The van der Waals surface area contributed by atoms with Crippen LogP contribution in [0, 0.1) is 40.4 Å². The Hall–Kier alpha value is -3.97. The van der Waals surface area contributed by atoms with Crippen molar-refractivity contribution in [3.8, 4) is 0 Å². The van der Waals surface area contributed by atoms with E-state index >= 15 is 4.79 Å². The lowest BCUT2D eigenvalue weighted by atomic mass is 9.51. The molecular formula is C45H57ClN2O10. The Balaban J connectivity index is 1.24. The van der Waals surface area contributed by atoms with E-state index in [1.165, 1.54) is 0 Å². The summed E-state index contributed by atoms with van der Waals surface area (Å²) in [5.74, 6) is -4.56.